The Kier molecular flexibility index (Phi) is 4.52. The summed E-state index contributed by atoms with van der Waals surface area (Å²) in [6.07, 6.45) is 6.36. The van der Waals surface area contributed by atoms with E-state index in [2.05, 4.69) is 15.2 Å². The van der Waals surface area contributed by atoms with Crippen molar-refractivity contribution in [1.82, 2.24) is 15.2 Å². The van der Waals surface area contributed by atoms with Crippen molar-refractivity contribution in [3.8, 4) is 0 Å². The summed E-state index contributed by atoms with van der Waals surface area (Å²) in [5.74, 6) is -0.295. The van der Waals surface area contributed by atoms with Crippen LogP contribution in [0.25, 0.3) is 0 Å². The summed E-state index contributed by atoms with van der Waals surface area (Å²) in [5.41, 5.74) is 0.892. The zero-order valence-electron chi connectivity index (χ0n) is 12.5. The molecular formula is C16H24FN3O. The Bertz CT molecular complexity index is 453. The van der Waals surface area contributed by atoms with Gasteiger partial charge in [-0.25, -0.2) is 4.39 Å². The van der Waals surface area contributed by atoms with E-state index in [4.69, 9.17) is 0 Å². The number of aliphatic hydroxyl groups excluding tert-OH is 1. The van der Waals surface area contributed by atoms with E-state index in [0.29, 0.717) is 12.1 Å². The van der Waals surface area contributed by atoms with Crippen molar-refractivity contribution in [2.24, 2.45) is 0 Å². The van der Waals surface area contributed by atoms with Gasteiger partial charge in [0.25, 0.3) is 0 Å². The number of piperidine rings is 1. The quantitative estimate of drug-likeness (QED) is 0.870. The number of rotatable bonds is 5. The first-order chi connectivity index (χ1) is 10.2. The number of pyridine rings is 1. The number of fused-ring (bicyclic) bond motifs is 2. The van der Waals surface area contributed by atoms with E-state index in [1.807, 2.05) is 7.05 Å². The summed E-state index contributed by atoms with van der Waals surface area (Å²) in [6, 6.07) is 4.45. The van der Waals surface area contributed by atoms with Gasteiger partial charge in [0.2, 0.25) is 0 Å². The minimum atomic E-state index is -0.295. The van der Waals surface area contributed by atoms with Crippen LogP contribution in [0.3, 0.4) is 0 Å². The third-order valence-electron chi connectivity index (χ3n) is 4.99. The van der Waals surface area contributed by atoms with E-state index in [0.717, 1.165) is 31.5 Å². The molecule has 2 saturated heterocycles. The van der Waals surface area contributed by atoms with Crippen LogP contribution < -0.4 is 5.32 Å². The second-order valence-electron chi connectivity index (χ2n) is 6.28. The van der Waals surface area contributed by atoms with E-state index >= 15 is 0 Å². The third-order valence-corrected chi connectivity index (χ3v) is 4.99. The molecule has 0 amide bonds. The Labute approximate surface area is 125 Å². The van der Waals surface area contributed by atoms with Gasteiger partial charge in [0.05, 0.1) is 24.0 Å². The van der Waals surface area contributed by atoms with Crippen molar-refractivity contribution in [2.45, 2.75) is 56.3 Å². The van der Waals surface area contributed by atoms with Crippen LogP contribution in [0, 0.1) is 5.82 Å². The van der Waals surface area contributed by atoms with Crippen LogP contribution in [0.15, 0.2) is 18.3 Å². The van der Waals surface area contributed by atoms with E-state index in [1.54, 1.807) is 6.07 Å². The highest BCUT2D eigenvalue weighted by molar-refractivity contribution is 5.10. The largest absolute Gasteiger partial charge is 0.393 e. The van der Waals surface area contributed by atoms with Crippen LogP contribution >= 0.6 is 0 Å². The van der Waals surface area contributed by atoms with Crippen LogP contribution in [0.2, 0.25) is 0 Å². The molecule has 0 radical (unpaired) electrons. The normalized spacial score (nSPS) is 30.5. The second kappa shape index (κ2) is 6.38. The maximum absolute atomic E-state index is 13.0. The van der Waals surface area contributed by atoms with Gasteiger partial charge in [-0.3, -0.25) is 9.88 Å². The summed E-state index contributed by atoms with van der Waals surface area (Å²) in [6.45, 7) is 1.01. The molecule has 2 aliphatic rings. The minimum Gasteiger partial charge on any atom is -0.393 e. The summed E-state index contributed by atoms with van der Waals surface area (Å²) < 4.78 is 13.0. The Morgan fingerprint density at radius 2 is 2.10 bits per heavy atom. The van der Waals surface area contributed by atoms with Gasteiger partial charge in [-0.1, -0.05) is 0 Å². The molecule has 0 spiro atoms. The molecule has 0 aliphatic carbocycles. The monoisotopic (exact) mass is 293 g/mol. The fraction of sp³-hybridized carbons (Fsp3) is 0.688. The van der Waals surface area contributed by atoms with Crippen molar-refractivity contribution >= 4 is 0 Å². The highest BCUT2D eigenvalue weighted by Gasteiger charge is 2.39. The summed E-state index contributed by atoms with van der Waals surface area (Å²) in [4.78, 5) is 6.74. The molecule has 4 nitrogen and oxygen atoms in total. The fourth-order valence-corrected chi connectivity index (χ4v) is 3.92. The number of hydrogen-bond acceptors (Lipinski definition) is 4. The predicted molar refractivity (Wildman–Crippen MR) is 79.4 cm³/mol. The van der Waals surface area contributed by atoms with Crippen molar-refractivity contribution in [3.63, 3.8) is 0 Å². The lowest BCUT2D eigenvalue weighted by molar-refractivity contribution is 0.0335. The standard InChI is InChI=1S/C16H24FN3O/c1-18-15(16-5-2-11(17)10-19-16)6-7-20-12-3-4-13(20)9-14(21)8-12/h2,5,10,12-15,18,21H,3-4,6-9H2,1H3. The zero-order valence-corrected chi connectivity index (χ0v) is 12.5. The fourth-order valence-electron chi connectivity index (χ4n) is 3.92. The van der Waals surface area contributed by atoms with Crippen LogP contribution in [-0.4, -0.2) is 46.8 Å². The first kappa shape index (κ1) is 14.9. The van der Waals surface area contributed by atoms with Gasteiger partial charge in [-0.15, -0.1) is 0 Å². The molecule has 2 aliphatic heterocycles. The van der Waals surface area contributed by atoms with Gasteiger partial charge in [-0.05, 0) is 51.3 Å². The minimum absolute atomic E-state index is 0.113. The first-order valence-electron chi connectivity index (χ1n) is 7.90. The Balaban J connectivity index is 1.60. The topological polar surface area (TPSA) is 48.4 Å². The number of halogens is 1. The highest BCUT2D eigenvalue weighted by atomic mass is 19.1. The molecule has 0 aromatic carbocycles. The molecule has 116 valence electrons. The molecule has 1 aromatic heterocycles. The first-order valence-corrected chi connectivity index (χ1v) is 7.90. The van der Waals surface area contributed by atoms with Crippen LogP contribution in [-0.2, 0) is 0 Å². The second-order valence-corrected chi connectivity index (χ2v) is 6.28. The summed E-state index contributed by atoms with van der Waals surface area (Å²) >= 11 is 0. The molecule has 21 heavy (non-hydrogen) atoms. The molecule has 2 N–H and O–H groups in total. The molecule has 0 saturated carbocycles. The number of nitrogens with zero attached hydrogens (tertiary/aromatic N) is 2. The van der Waals surface area contributed by atoms with E-state index in [1.165, 1.54) is 25.1 Å². The third kappa shape index (κ3) is 3.25. The molecule has 3 atom stereocenters. The molecule has 1 aromatic rings. The van der Waals surface area contributed by atoms with E-state index in [-0.39, 0.29) is 18.0 Å². The van der Waals surface area contributed by atoms with Crippen molar-refractivity contribution in [1.29, 1.82) is 0 Å². The van der Waals surface area contributed by atoms with Gasteiger partial charge in [0.15, 0.2) is 0 Å². The van der Waals surface area contributed by atoms with E-state index in [9.17, 15) is 9.50 Å². The zero-order chi connectivity index (χ0) is 14.8. The Morgan fingerprint density at radius 3 is 2.67 bits per heavy atom. The van der Waals surface area contributed by atoms with Crippen LogP contribution in [0.5, 0.6) is 0 Å². The van der Waals surface area contributed by atoms with Crippen molar-refractivity contribution in [2.75, 3.05) is 13.6 Å². The van der Waals surface area contributed by atoms with Crippen molar-refractivity contribution < 1.29 is 9.50 Å². The van der Waals surface area contributed by atoms with Gasteiger partial charge < -0.3 is 10.4 Å². The molecular weight excluding hydrogens is 269 g/mol. The molecule has 3 rings (SSSR count). The average Bonchev–Trinajstić information content (AvgIpc) is 2.72. The highest BCUT2D eigenvalue weighted by Crippen LogP contribution is 2.36. The van der Waals surface area contributed by atoms with Gasteiger partial charge in [0, 0.05) is 18.6 Å². The Hall–Kier alpha value is -1.04. The molecule has 5 heteroatoms. The lowest BCUT2D eigenvalue weighted by Gasteiger charge is -2.37. The van der Waals surface area contributed by atoms with Crippen LogP contribution in [0.1, 0.15) is 43.8 Å². The predicted octanol–water partition coefficient (Wildman–Crippen LogP) is 1.86. The molecule has 3 unspecified atom stereocenters. The van der Waals surface area contributed by atoms with Gasteiger partial charge in [0.1, 0.15) is 5.82 Å². The van der Waals surface area contributed by atoms with Crippen molar-refractivity contribution in [3.05, 3.63) is 29.8 Å². The van der Waals surface area contributed by atoms with Gasteiger partial charge >= 0.3 is 0 Å². The maximum Gasteiger partial charge on any atom is 0.141 e. The van der Waals surface area contributed by atoms with Gasteiger partial charge in [-0.2, -0.15) is 0 Å². The SMILES string of the molecule is CNC(CCN1C2CCC1CC(O)C2)c1ccc(F)cn1. The molecule has 2 bridgehead atoms. The molecule has 3 heterocycles. The summed E-state index contributed by atoms with van der Waals surface area (Å²) in [5, 5.41) is 13.1. The van der Waals surface area contributed by atoms with Crippen LogP contribution in [0.4, 0.5) is 4.39 Å². The number of aliphatic hydroxyl groups is 1. The number of hydrogen-bond donors (Lipinski definition) is 2. The average molecular weight is 293 g/mol. The lowest BCUT2D eigenvalue weighted by atomic mass is 9.99. The van der Waals surface area contributed by atoms with E-state index < -0.39 is 0 Å². The molecule has 2 fully saturated rings. The Morgan fingerprint density at radius 1 is 1.38 bits per heavy atom. The maximum atomic E-state index is 13.0. The lowest BCUT2D eigenvalue weighted by Crippen LogP contribution is -2.45. The number of aromatic nitrogens is 1. The number of nitrogens with one attached hydrogen (secondary N) is 1. The summed E-state index contributed by atoms with van der Waals surface area (Å²) in [7, 11) is 1.92. The smallest absolute Gasteiger partial charge is 0.141 e.